The highest BCUT2D eigenvalue weighted by atomic mass is 16.5. The van der Waals surface area contributed by atoms with Crippen LogP contribution in [-0.4, -0.2) is 47.2 Å². The Hall–Kier alpha value is -3.91. The maximum atomic E-state index is 13.1. The fourth-order valence-corrected chi connectivity index (χ4v) is 5.28. The van der Waals surface area contributed by atoms with Crippen LogP contribution in [0.5, 0.6) is 0 Å². The van der Waals surface area contributed by atoms with Gasteiger partial charge in [0.2, 0.25) is 5.91 Å². The molecule has 1 fully saturated rings. The summed E-state index contributed by atoms with van der Waals surface area (Å²) in [6, 6.07) is 18.3. The number of fused-ring (bicyclic) bond motifs is 3. The van der Waals surface area contributed by atoms with Gasteiger partial charge in [-0.2, -0.15) is 0 Å². The number of aromatic nitrogens is 3. The Bertz CT molecular complexity index is 1360. The minimum Gasteiger partial charge on any atom is -0.378 e. The van der Waals surface area contributed by atoms with Crippen molar-refractivity contribution >= 4 is 34.1 Å². The van der Waals surface area contributed by atoms with Crippen molar-refractivity contribution in [3.8, 4) is 0 Å². The molecule has 6 rings (SSSR count). The summed E-state index contributed by atoms with van der Waals surface area (Å²) >= 11 is 0. The summed E-state index contributed by atoms with van der Waals surface area (Å²) in [7, 11) is 0. The molecule has 2 aromatic carbocycles. The molecule has 8 heteroatoms. The average molecular weight is 483 g/mol. The molecule has 2 aliphatic rings. The lowest BCUT2D eigenvalue weighted by Gasteiger charge is -2.30. The van der Waals surface area contributed by atoms with Crippen molar-refractivity contribution in [2.45, 2.75) is 25.8 Å². The van der Waals surface area contributed by atoms with Crippen LogP contribution in [0.15, 0.2) is 60.9 Å². The van der Waals surface area contributed by atoms with Crippen molar-refractivity contribution in [2.75, 3.05) is 36.5 Å². The maximum Gasteiger partial charge on any atom is 0.223 e. The third-order valence-corrected chi connectivity index (χ3v) is 7.17. The molecule has 1 saturated heterocycles. The molecule has 1 unspecified atom stereocenters. The Balaban J connectivity index is 1.26. The zero-order valence-electron chi connectivity index (χ0n) is 20.2. The van der Waals surface area contributed by atoms with Crippen LogP contribution < -0.4 is 15.5 Å². The number of morpholine rings is 1. The number of nitrogens with zero attached hydrogens (tertiary/aromatic N) is 3. The number of para-hydroxylation sites is 2. The maximum absolute atomic E-state index is 13.1. The number of aromatic amines is 1. The second-order valence-corrected chi connectivity index (χ2v) is 9.41. The van der Waals surface area contributed by atoms with Crippen molar-refractivity contribution in [3.63, 3.8) is 0 Å². The molecule has 184 valence electrons. The second-order valence-electron chi connectivity index (χ2n) is 9.41. The number of carbonyl (C=O) groups is 1. The topological polar surface area (TPSA) is 95.2 Å². The van der Waals surface area contributed by atoms with Crippen LogP contribution in [0, 0.1) is 5.92 Å². The number of amides is 1. The number of benzene rings is 2. The first-order valence-corrected chi connectivity index (χ1v) is 12.6. The molecule has 0 radical (unpaired) electrons. The van der Waals surface area contributed by atoms with Gasteiger partial charge in [0.25, 0.3) is 0 Å². The van der Waals surface area contributed by atoms with E-state index >= 15 is 0 Å². The molecule has 8 nitrogen and oxygen atoms in total. The highest BCUT2D eigenvalue weighted by Gasteiger charge is 2.29. The number of hydrogen-bond donors (Lipinski definition) is 3. The molecule has 3 heterocycles. The molecule has 36 heavy (non-hydrogen) atoms. The number of aryl methyl sites for hydroxylation is 1. The molecule has 3 N–H and O–H groups in total. The third kappa shape index (κ3) is 4.52. The molecule has 0 spiro atoms. The number of rotatable bonds is 6. The number of hydrogen-bond acceptors (Lipinski definition) is 6. The Morgan fingerprint density at radius 1 is 1.06 bits per heavy atom. The monoisotopic (exact) mass is 482 g/mol. The van der Waals surface area contributed by atoms with Crippen LogP contribution in [-0.2, 0) is 28.9 Å². The van der Waals surface area contributed by atoms with Gasteiger partial charge in [-0.05, 0) is 42.5 Å². The lowest BCUT2D eigenvalue weighted by Crippen LogP contribution is -2.36. The zero-order valence-corrected chi connectivity index (χ0v) is 20.2. The SMILES string of the molecule is O=C(NCc1ccccc1)C1CCc2[nH]c3ncnc(Nc4ccccc4N4CCOCC4)c3c2C1. The van der Waals surface area contributed by atoms with Crippen LogP contribution in [0.2, 0.25) is 0 Å². The van der Waals surface area contributed by atoms with Crippen molar-refractivity contribution < 1.29 is 9.53 Å². The Labute approximate surface area is 210 Å². The predicted octanol–water partition coefficient (Wildman–Crippen LogP) is 3.96. The van der Waals surface area contributed by atoms with Gasteiger partial charge in [0.05, 0.1) is 30.0 Å². The van der Waals surface area contributed by atoms with Crippen molar-refractivity contribution in [1.82, 2.24) is 20.3 Å². The van der Waals surface area contributed by atoms with E-state index in [4.69, 9.17) is 4.74 Å². The van der Waals surface area contributed by atoms with Crippen LogP contribution in [0.4, 0.5) is 17.2 Å². The van der Waals surface area contributed by atoms with Crippen LogP contribution in [0.25, 0.3) is 11.0 Å². The van der Waals surface area contributed by atoms with E-state index in [9.17, 15) is 4.79 Å². The van der Waals surface area contributed by atoms with Crippen molar-refractivity contribution in [1.29, 1.82) is 0 Å². The van der Waals surface area contributed by atoms with Gasteiger partial charge in [0, 0.05) is 31.2 Å². The van der Waals surface area contributed by atoms with Crippen LogP contribution in [0.3, 0.4) is 0 Å². The fraction of sp³-hybridized carbons (Fsp3) is 0.321. The van der Waals surface area contributed by atoms with E-state index in [-0.39, 0.29) is 11.8 Å². The summed E-state index contributed by atoms with van der Waals surface area (Å²) < 4.78 is 5.54. The normalized spacial score (nSPS) is 17.6. The number of nitrogens with one attached hydrogen (secondary N) is 3. The summed E-state index contributed by atoms with van der Waals surface area (Å²) in [5, 5.41) is 7.69. The first kappa shape index (κ1) is 22.5. The van der Waals surface area contributed by atoms with E-state index in [0.29, 0.717) is 13.0 Å². The Morgan fingerprint density at radius 3 is 2.72 bits per heavy atom. The molecular weight excluding hydrogens is 452 g/mol. The minimum atomic E-state index is -0.0751. The molecule has 1 atom stereocenters. The Morgan fingerprint density at radius 2 is 1.86 bits per heavy atom. The summed E-state index contributed by atoms with van der Waals surface area (Å²) in [6.45, 7) is 3.72. The average Bonchev–Trinajstić information content (AvgIpc) is 3.32. The highest BCUT2D eigenvalue weighted by Crippen LogP contribution is 2.37. The molecule has 4 aromatic rings. The quantitative estimate of drug-likeness (QED) is 0.385. The van der Waals surface area contributed by atoms with Crippen LogP contribution >= 0.6 is 0 Å². The molecule has 2 aromatic heterocycles. The van der Waals surface area contributed by atoms with E-state index < -0.39 is 0 Å². The van der Waals surface area contributed by atoms with Gasteiger partial charge >= 0.3 is 0 Å². The van der Waals surface area contributed by atoms with Crippen molar-refractivity contribution in [3.05, 3.63) is 77.7 Å². The largest absolute Gasteiger partial charge is 0.378 e. The molecule has 1 aliphatic carbocycles. The highest BCUT2D eigenvalue weighted by molar-refractivity contribution is 5.95. The van der Waals surface area contributed by atoms with Crippen LogP contribution in [0.1, 0.15) is 23.2 Å². The van der Waals surface area contributed by atoms with E-state index in [0.717, 1.165) is 84.2 Å². The first-order valence-electron chi connectivity index (χ1n) is 12.6. The number of H-pyrrole nitrogens is 1. The molecule has 0 saturated carbocycles. The zero-order chi connectivity index (χ0) is 24.3. The number of ether oxygens (including phenoxy) is 1. The summed E-state index contributed by atoms with van der Waals surface area (Å²) in [4.78, 5) is 28.0. The van der Waals surface area contributed by atoms with Crippen molar-refractivity contribution in [2.24, 2.45) is 5.92 Å². The van der Waals surface area contributed by atoms with Gasteiger partial charge in [-0.25, -0.2) is 9.97 Å². The van der Waals surface area contributed by atoms with Gasteiger partial charge in [-0.1, -0.05) is 42.5 Å². The van der Waals surface area contributed by atoms with Gasteiger partial charge in [-0.15, -0.1) is 0 Å². The predicted molar refractivity (Wildman–Crippen MR) is 140 cm³/mol. The molecule has 1 aliphatic heterocycles. The standard InChI is InChI=1S/C28H30N6O2/c35-28(29-17-19-6-2-1-3-7-19)20-10-11-22-21(16-20)25-26(32-22)30-18-31-27(25)33-23-8-4-5-9-24(23)34-12-14-36-15-13-34/h1-9,18,20H,10-17H2,(H,29,35)(H2,30,31,32,33). The van der Waals surface area contributed by atoms with Gasteiger partial charge < -0.3 is 25.3 Å². The van der Waals surface area contributed by atoms with Gasteiger partial charge in [0.1, 0.15) is 17.8 Å². The smallest absolute Gasteiger partial charge is 0.223 e. The van der Waals surface area contributed by atoms with Gasteiger partial charge in [0.15, 0.2) is 0 Å². The summed E-state index contributed by atoms with van der Waals surface area (Å²) in [5.41, 5.74) is 6.35. The van der Waals surface area contributed by atoms with E-state index in [1.54, 1.807) is 6.33 Å². The molecule has 1 amide bonds. The second kappa shape index (κ2) is 9.99. The minimum absolute atomic E-state index is 0.0751. The lowest BCUT2D eigenvalue weighted by atomic mass is 9.86. The van der Waals surface area contributed by atoms with E-state index in [1.165, 1.54) is 0 Å². The number of anilines is 3. The lowest BCUT2D eigenvalue weighted by molar-refractivity contribution is -0.125. The third-order valence-electron chi connectivity index (χ3n) is 7.17. The summed E-state index contributed by atoms with van der Waals surface area (Å²) in [5.74, 6) is 0.792. The van der Waals surface area contributed by atoms with Gasteiger partial charge in [-0.3, -0.25) is 4.79 Å². The van der Waals surface area contributed by atoms with E-state index in [2.05, 4.69) is 48.7 Å². The summed E-state index contributed by atoms with van der Waals surface area (Å²) in [6.07, 6.45) is 3.90. The van der Waals surface area contributed by atoms with E-state index in [1.807, 2.05) is 36.4 Å². The number of carbonyl (C=O) groups excluding carboxylic acids is 1. The Kier molecular flexibility index (Phi) is 6.26. The molecule has 0 bridgehead atoms. The first-order chi connectivity index (χ1) is 17.8. The molecular formula is C28H30N6O2. The fourth-order valence-electron chi connectivity index (χ4n) is 5.28.